The van der Waals surface area contributed by atoms with Gasteiger partial charge in [-0.25, -0.2) is 0 Å². The zero-order valence-corrected chi connectivity index (χ0v) is 12.0. The fourth-order valence-electron chi connectivity index (χ4n) is 1.95. The second-order valence-electron chi connectivity index (χ2n) is 4.76. The maximum absolute atomic E-state index is 12.0. The minimum Gasteiger partial charge on any atom is -0.399 e. The van der Waals surface area contributed by atoms with E-state index < -0.39 is 0 Å². The van der Waals surface area contributed by atoms with Crippen LogP contribution in [0.5, 0.6) is 0 Å². The van der Waals surface area contributed by atoms with Crippen molar-refractivity contribution in [3.63, 3.8) is 0 Å². The highest BCUT2D eigenvalue weighted by atomic mass is 35.5. The highest BCUT2D eigenvalue weighted by molar-refractivity contribution is 6.30. The van der Waals surface area contributed by atoms with Gasteiger partial charge in [0, 0.05) is 10.7 Å². The molecule has 0 aromatic heterocycles. The Bertz CT molecular complexity index is 578. The molecule has 1 amide bonds. The fourth-order valence-corrected chi connectivity index (χ4v) is 2.07. The van der Waals surface area contributed by atoms with E-state index in [1.54, 1.807) is 12.1 Å². The van der Waals surface area contributed by atoms with Crippen LogP contribution in [0.4, 0.5) is 5.69 Å². The van der Waals surface area contributed by atoms with E-state index in [0.717, 1.165) is 11.1 Å². The largest absolute Gasteiger partial charge is 0.399 e. The molecule has 0 fully saturated rings. The number of carbonyl (C=O) groups is 1. The van der Waals surface area contributed by atoms with Crippen LogP contribution in [0.3, 0.4) is 0 Å². The normalized spacial score (nSPS) is 11.9. The molecule has 3 N–H and O–H groups in total. The molecule has 0 aliphatic carbocycles. The van der Waals surface area contributed by atoms with Crippen molar-refractivity contribution < 1.29 is 4.79 Å². The van der Waals surface area contributed by atoms with Crippen molar-refractivity contribution in [3.8, 4) is 0 Å². The Kier molecular flexibility index (Phi) is 4.64. The van der Waals surface area contributed by atoms with Gasteiger partial charge in [0.15, 0.2) is 0 Å². The monoisotopic (exact) mass is 288 g/mol. The Morgan fingerprint density at radius 2 is 1.75 bits per heavy atom. The van der Waals surface area contributed by atoms with Crippen molar-refractivity contribution in [2.24, 2.45) is 0 Å². The average molecular weight is 289 g/mol. The van der Waals surface area contributed by atoms with Crippen molar-refractivity contribution >= 4 is 23.2 Å². The summed E-state index contributed by atoms with van der Waals surface area (Å²) in [4.78, 5) is 12.0. The van der Waals surface area contributed by atoms with Gasteiger partial charge in [-0.1, -0.05) is 35.9 Å². The van der Waals surface area contributed by atoms with Crippen LogP contribution in [0.25, 0.3) is 0 Å². The average Bonchev–Trinajstić information content (AvgIpc) is 2.42. The van der Waals surface area contributed by atoms with E-state index in [0.29, 0.717) is 17.1 Å². The summed E-state index contributed by atoms with van der Waals surface area (Å²) in [6.45, 7) is 1.95. The molecule has 0 radical (unpaired) electrons. The summed E-state index contributed by atoms with van der Waals surface area (Å²) < 4.78 is 0. The molecule has 4 heteroatoms. The van der Waals surface area contributed by atoms with Gasteiger partial charge < -0.3 is 11.1 Å². The van der Waals surface area contributed by atoms with Crippen molar-refractivity contribution in [2.75, 3.05) is 5.73 Å². The number of nitrogens with two attached hydrogens (primary N) is 1. The van der Waals surface area contributed by atoms with Crippen LogP contribution in [0.2, 0.25) is 5.02 Å². The molecule has 0 saturated carbocycles. The zero-order valence-electron chi connectivity index (χ0n) is 11.3. The Labute approximate surface area is 123 Å². The molecule has 3 nitrogen and oxygen atoms in total. The van der Waals surface area contributed by atoms with Crippen molar-refractivity contribution in [3.05, 3.63) is 64.7 Å². The summed E-state index contributed by atoms with van der Waals surface area (Å²) in [5, 5.41) is 3.64. The predicted molar refractivity (Wildman–Crippen MR) is 82.6 cm³/mol. The second-order valence-corrected chi connectivity index (χ2v) is 5.20. The number of hydrogen-bond acceptors (Lipinski definition) is 2. The van der Waals surface area contributed by atoms with E-state index in [1.165, 1.54) is 0 Å². The van der Waals surface area contributed by atoms with Gasteiger partial charge in [-0.15, -0.1) is 0 Å². The number of carbonyl (C=O) groups excluding carboxylic acids is 1. The summed E-state index contributed by atoms with van der Waals surface area (Å²) in [5.74, 6) is -0.0170. The predicted octanol–water partition coefficient (Wildman–Crippen LogP) is 3.34. The molecule has 0 saturated heterocycles. The minimum atomic E-state index is -0.0459. The lowest BCUT2D eigenvalue weighted by molar-refractivity contribution is -0.121. The molecule has 2 aromatic carbocycles. The molecule has 0 spiro atoms. The summed E-state index contributed by atoms with van der Waals surface area (Å²) in [7, 11) is 0. The molecule has 1 atom stereocenters. The highest BCUT2D eigenvalue weighted by Gasteiger charge is 2.10. The van der Waals surface area contributed by atoms with Gasteiger partial charge in [0.2, 0.25) is 5.91 Å². The lowest BCUT2D eigenvalue weighted by Crippen LogP contribution is -2.28. The molecule has 2 rings (SSSR count). The van der Waals surface area contributed by atoms with Crippen LogP contribution >= 0.6 is 11.6 Å². The fraction of sp³-hybridized carbons (Fsp3) is 0.188. The van der Waals surface area contributed by atoms with E-state index in [9.17, 15) is 4.79 Å². The van der Waals surface area contributed by atoms with Crippen LogP contribution in [0, 0.1) is 0 Å². The van der Waals surface area contributed by atoms with Gasteiger partial charge in [0.25, 0.3) is 0 Å². The molecular weight excluding hydrogens is 272 g/mol. The third kappa shape index (κ3) is 4.00. The molecule has 2 aromatic rings. The summed E-state index contributed by atoms with van der Waals surface area (Å²) in [6, 6.07) is 14.7. The molecule has 0 aliphatic rings. The van der Waals surface area contributed by atoms with Gasteiger partial charge in [0.05, 0.1) is 12.5 Å². The molecule has 0 heterocycles. The first-order chi connectivity index (χ1) is 9.54. The van der Waals surface area contributed by atoms with Gasteiger partial charge >= 0.3 is 0 Å². The van der Waals surface area contributed by atoms with Gasteiger partial charge in [-0.05, 0) is 42.3 Å². The first-order valence-electron chi connectivity index (χ1n) is 6.44. The van der Waals surface area contributed by atoms with Gasteiger partial charge in [0.1, 0.15) is 0 Å². The molecular formula is C16H17ClN2O. The quantitative estimate of drug-likeness (QED) is 0.848. The highest BCUT2D eigenvalue weighted by Crippen LogP contribution is 2.15. The second kappa shape index (κ2) is 6.44. The van der Waals surface area contributed by atoms with E-state index in [2.05, 4.69) is 5.32 Å². The lowest BCUT2D eigenvalue weighted by atomic mass is 10.1. The SMILES string of the molecule is CC(NC(=O)Cc1ccc(Cl)cc1)c1ccc(N)cc1. The topological polar surface area (TPSA) is 55.1 Å². The van der Waals surface area contributed by atoms with E-state index in [1.807, 2.05) is 43.3 Å². The number of amides is 1. The number of halogens is 1. The van der Waals surface area contributed by atoms with Crippen molar-refractivity contribution in [1.82, 2.24) is 5.32 Å². The number of benzene rings is 2. The molecule has 1 unspecified atom stereocenters. The number of rotatable bonds is 4. The Balaban J connectivity index is 1.93. The summed E-state index contributed by atoms with van der Waals surface area (Å²) in [6.07, 6.45) is 0.344. The number of anilines is 1. The Morgan fingerprint density at radius 3 is 2.35 bits per heavy atom. The van der Waals surface area contributed by atoms with Crippen molar-refractivity contribution in [1.29, 1.82) is 0 Å². The first-order valence-corrected chi connectivity index (χ1v) is 6.81. The molecule has 0 aliphatic heterocycles. The summed E-state index contributed by atoms with van der Waals surface area (Å²) >= 11 is 5.81. The summed E-state index contributed by atoms with van der Waals surface area (Å²) in [5.41, 5.74) is 8.33. The van der Waals surface area contributed by atoms with Gasteiger partial charge in [-0.3, -0.25) is 4.79 Å². The smallest absolute Gasteiger partial charge is 0.224 e. The first kappa shape index (κ1) is 14.4. The third-order valence-corrected chi connectivity index (χ3v) is 3.34. The van der Waals surface area contributed by atoms with E-state index >= 15 is 0 Å². The molecule has 20 heavy (non-hydrogen) atoms. The molecule has 0 bridgehead atoms. The van der Waals surface area contributed by atoms with Crippen LogP contribution in [0.15, 0.2) is 48.5 Å². The number of hydrogen-bond donors (Lipinski definition) is 2. The van der Waals surface area contributed by atoms with Crippen LogP contribution in [-0.2, 0) is 11.2 Å². The number of nitrogen functional groups attached to an aromatic ring is 1. The third-order valence-electron chi connectivity index (χ3n) is 3.09. The zero-order chi connectivity index (χ0) is 14.5. The van der Waals surface area contributed by atoms with E-state index in [4.69, 9.17) is 17.3 Å². The maximum Gasteiger partial charge on any atom is 0.224 e. The van der Waals surface area contributed by atoms with Crippen LogP contribution < -0.4 is 11.1 Å². The Morgan fingerprint density at radius 1 is 1.15 bits per heavy atom. The standard InChI is InChI=1S/C16H17ClN2O/c1-11(13-4-8-15(18)9-5-13)19-16(20)10-12-2-6-14(17)7-3-12/h2-9,11H,10,18H2,1H3,(H,19,20). The van der Waals surface area contributed by atoms with Crippen LogP contribution in [-0.4, -0.2) is 5.91 Å². The minimum absolute atomic E-state index is 0.0170. The van der Waals surface area contributed by atoms with Gasteiger partial charge in [-0.2, -0.15) is 0 Å². The van der Waals surface area contributed by atoms with Crippen LogP contribution in [0.1, 0.15) is 24.1 Å². The Hall–Kier alpha value is -2.00. The van der Waals surface area contributed by atoms with E-state index in [-0.39, 0.29) is 11.9 Å². The maximum atomic E-state index is 12.0. The van der Waals surface area contributed by atoms with Crippen molar-refractivity contribution in [2.45, 2.75) is 19.4 Å². The number of nitrogens with one attached hydrogen (secondary N) is 1. The molecule has 104 valence electrons. The lowest BCUT2D eigenvalue weighted by Gasteiger charge is -2.14.